The number of benzene rings is 2. The summed E-state index contributed by atoms with van der Waals surface area (Å²) in [5, 5.41) is 16.3. The third-order valence-electron chi connectivity index (χ3n) is 4.57. The van der Waals surface area contributed by atoms with Crippen molar-refractivity contribution in [2.45, 2.75) is 24.7 Å². The molecule has 3 amide bonds. The number of ether oxygens (including phenoxy) is 2. The molecule has 0 bridgehead atoms. The Bertz CT molecular complexity index is 953. The monoisotopic (exact) mass is 441 g/mol. The Hall–Kier alpha value is -3.92. The van der Waals surface area contributed by atoms with Crippen LogP contribution in [0.5, 0.6) is 5.75 Å². The second kappa shape index (κ2) is 10.9. The molecule has 1 aliphatic heterocycles. The predicted molar refractivity (Wildman–Crippen MR) is 111 cm³/mol. The summed E-state index contributed by atoms with van der Waals surface area (Å²) in [6.07, 6.45) is -0.587. The molecule has 1 fully saturated rings. The molecule has 1 heterocycles. The van der Waals surface area contributed by atoms with Gasteiger partial charge in [0.2, 0.25) is 18.0 Å². The van der Waals surface area contributed by atoms with Gasteiger partial charge in [-0.3, -0.25) is 14.4 Å². The topological polar surface area (TPSA) is 143 Å². The van der Waals surface area contributed by atoms with Crippen LogP contribution in [0.2, 0.25) is 0 Å². The van der Waals surface area contributed by atoms with Crippen molar-refractivity contribution in [3.63, 3.8) is 0 Å². The third-order valence-corrected chi connectivity index (χ3v) is 4.57. The van der Waals surface area contributed by atoms with E-state index in [0.29, 0.717) is 5.75 Å². The summed E-state index contributed by atoms with van der Waals surface area (Å²) in [5.74, 6) is -2.33. The molecule has 0 aromatic heterocycles. The summed E-state index contributed by atoms with van der Waals surface area (Å²) < 4.78 is 10.5. The lowest BCUT2D eigenvalue weighted by molar-refractivity contribution is -0.144. The molecule has 0 saturated carbocycles. The molecule has 2 aromatic carbocycles. The van der Waals surface area contributed by atoms with Gasteiger partial charge in [0.05, 0.1) is 0 Å². The quantitative estimate of drug-likeness (QED) is 0.355. The smallest absolute Gasteiger partial charge is 0.329 e. The molecule has 3 atom stereocenters. The van der Waals surface area contributed by atoms with E-state index in [1.54, 1.807) is 48.5 Å². The molecule has 0 radical (unpaired) electrons. The van der Waals surface area contributed by atoms with E-state index in [0.717, 1.165) is 5.56 Å². The Morgan fingerprint density at radius 3 is 2.28 bits per heavy atom. The van der Waals surface area contributed by atoms with Crippen LogP contribution in [0.3, 0.4) is 0 Å². The Balaban J connectivity index is 1.63. The number of carbonyl (C=O) groups is 4. The SMILES string of the molecule is O=C(O)COCC(=O)NC(Cc1ccccc1)C(=O)NC1C(=O)NC1Oc1ccccc1. The minimum Gasteiger partial charge on any atom is -0.480 e. The van der Waals surface area contributed by atoms with E-state index in [2.05, 4.69) is 16.0 Å². The second-order valence-corrected chi connectivity index (χ2v) is 7.04. The zero-order valence-electron chi connectivity index (χ0n) is 17.0. The number of aliphatic carboxylic acids is 1. The number of nitrogens with one attached hydrogen (secondary N) is 3. The molecule has 0 aliphatic carbocycles. The molecule has 1 saturated heterocycles. The number of carboxylic acid groups (broad SMARTS) is 1. The first-order valence-electron chi connectivity index (χ1n) is 9.87. The maximum absolute atomic E-state index is 12.9. The maximum Gasteiger partial charge on any atom is 0.329 e. The lowest BCUT2D eigenvalue weighted by Gasteiger charge is -2.37. The van der Waals surface area contributed by atoms with Crippen molar-refractivity contribution in [1.82, 2.24) is 16.0 Å². The van der Waals surface area contributed by atoms with Crippen molar-refractivity contribution >= 4 is 23.7 Å². The van der Waals surface area contributed by atoms with Gasteiger partial charge in [0.25, 0.3) is 5.91 Å². The zero-order chi connectivity index (χ0) is 22.9. The number of carboxylic acids is 1. The van der Waals surface area contributed by atoms with Gasteiger partial charge >= 0.3 is 5.97 Å². The van der Waals surface area contributed by atoms with Crippen molar-refractivity contribution in [3.8, 4) is 5.75 Å². The van der Waals surface area contributed by atoms with Crippen molar-refractivity contribution in [2.75, 3.05) is 13.2 Å². The van der Waals surface area contributed by atoms with Crippen molar-refractivity contribution in [1.29, 1.82) is 0 Å². The molecule has 10 nitrogen and oxygen atoms in total. The average molecular weight is 441 g/mol. The fraction of sp³-hybridized carbons (Fsp3) is 0.273. The van der Waals surface area contributed by atoms with Gasteiger partial charge in [0.1, 0.15) is 25.0 Å². The summed E-state index contributed by atoms with van der Waals surface area (Å²) in [7, 11) is 0. The molecule has 2 aromatic rings. The van der Waals surface area contributed by atoms with Gasteiger partial charge < -0.3 is 30.5 Å². The highest BCUT2D eigenvalue weighted by Gasteiger charge is 2.43. The Morgan fingerprint density at radius 1 is 1.00 bits per heavy atom. The van der Waals surface area contributed by atoms with Crippen LogP contribution in [0.4, 0.5) is 0 Å². The lowest BCUT2D eigenvalue weighted by Crippen LogP contribution is -2.72. The van der Waals surface area contributed by atoms with Gasteiger partial charge in [-0.2, -0.15) is 0 Å². The van der Waals surface area contributed by atoms with Crippen molar-refractivity contribution in [2.24, 2.45) is 0 Å². The summed E-state index contributed by atoms with van der Waals surface area (Å²) in [5.41, 5.74) is 0.787. The number of β-lactam (4-membered cyclic amide) rings is 1. The number of carbonyl (C=O) groups excluding carboxylic acids is 3. The van der Waals surface area contributed by atoms with E-state index in [1.807, 2.05) is 12.1 Å². The van der Waals surface area contributed by atoms with Crippen LogP contribution in [0.25, 0.3) is 0 Å². The summed E-state index contributed by atoms with van der Waals surface area (Å²) in [6.45, 7) is -1.15. The number of para-hydroxylation sites is 1. The number of hydrogen-bond acceptors (Lipinski definition) is 6. The van der Waals surface area contributed by atoms with Crippen LogP contribution in [0, 0.1) is 0 Å². The van der Waals surface area contributed by atoms with E-state index in [4.69, 9.17) is 14.6 Å². The summed E-state index contributed by atoms with van der Waals surface area (Å²) in [4.78, 5) is 47.6. The normalized spacial score (nSPS) is 17.9. The number of amides is 3. The van der Waals surface area contributed by atoms with Gasteiger partial charge in [0.15, 0.2) is 6.04 Å². The first kappa shape index (κ1) is 22.8. The van der Waals surface area contributed by atoms with Crippen LogP contribution in [-0.2, 0) is 30.3 Å². The first-order valence-corrected chi connectivity index (χ1v) is 9.87. The Morgan fingerprint density at radius 2 is 1.66 bits per heavy atom. The Labute approximate surface area is 183 Å². The molecule has 1 aliphatic rings. The van der Waals surface area contributed by atoms with Crippen molar-refractivity contribution < 1.29 is 33.8 Å². The van der Waals surface area contributed by atoms with E-state index in [9.17, 15) is 19.2 Å². The molecular weight excluding hydrogens is 418 g/mol. The van der Waals surface area contributed by atoms with E-state index < -0.39 is 55.2 Å². The van der Waals surface area contributed by atoms with Gasteiger partial charge in [-0.05, 0) is 17.7 Å². The van der Waals surface area contributed by atoms with Crippen LogP contribution >= 0.6 is 0 Å². The fourth-order valence-corrected chi connectivity index (χ4v) is 3.02. The molecule has 3 rings (SSSR count). The minimum atomic E-state index is -1.21. The third kappa shape index (κ3) is 6.54. The second-order valence-electron chi connectivity index (χ2n) is 7.04. The molecule has 10 heteroatoms. The van der Waals surface area contributed by atoms with Crippen molar-refractivity contribution in [3.05, 3.63) is 66.2 Å². The highest BCUT2D eigenvalue weighted by atomic mass is 16.5. The maximum atomic E-state index is 12.9. The highest BCUT2D eigenvalue weighted by Crippen LogP contribution is 2.16. The zero-order valence-corrected chi connectivity index (χ0v) is 17.0. The minimum absolute atomic E-state index is 0.163. The van der Waals surface area contributed by atoms with E-state index >= 15 is 0 Å². The summed E-state index contributed by atoms with van der Waals surface area (Å²) >= 11 is 0. The van der Waals surface area contributed by atoms with Crippen LogP contribution in [0.15, 0.2) is 60.7 Å². The number of hydrogen-bond donors (Lipinski definition) is 4. The van der Waals surface area contributed by atoms with Gasteiger partial charge in [-0.1, -0.05) is 48.5 Å². The number of rotatable bonds is 11. The molecule has 168 valence electrons. The molecular formula is C22H23N3O7. The van der Waals surface area contributed by atoms with Crippen LogP contribution in [-0.4, -0.2) is 60.3 Å². The summed E-state index contributed by atoms with van der Waals surface area (Å²) in [6, 6.07) is 15.9. The lowest BCUT2D eigenvalue weighted by atomic mass is 10.0. The fourth-order valence-electron chi connectivity index (χ4n) is 3.02. The average Bonchev–Trinajstić information content (AvgIpc) is 2.78. The standard InChI is InChI=1S/C22H23N3O7/c26-17(12-31-13-18(27)28)23-16(11-14-7-3-1-4-8-14)20(29)24-19-21(30)25-22(19)32-15-9-5-2-6-10-15/h1-10,16,19,22H,11-13H2,(H,23,26)(H,24,29)(H,25,30)(H,27,28). The van der Waals surface area contributed by atoms with Crippen LogP contribution in [0.1, 0.15) is 5.56 Å². The molecule has 0 spiro atoms. The molecule has 4 N–H and O–H groups in total. The first-order chi connectivity index (χ1) is 15.4. The predicted octanol–water partition coefficient (Wildman–Crippen LogP) is -0.165. The van der Waals surface area contributed by atoms with Gasteiger partial charge in [-0.25, -0.2) is 4.79 Å². The molecule has 3 unspecified atom stereocenters. The van der Waals surface area contributed by atoms with Gasteiger partial charge in [0, 0.05) is 6.42 Å². The molecule has 32 heavy (non-hydrogen) atoms. The highest BCUT2D eigenvalue weighted by molar-refractivity contribution is 5.95. The van der Waals surface area contributed by atoms with E-state index in [1.165, 1.54) is 0 Å². The van der Waals surface area contributed by atoms with Gasteiger partial charge in [-0.15, -0.1) is 0 Å². The van der Waals surface area contributed by atoms with E-state index in [-0.39, 0.29) is 6.42 Å². The Kier molecular flexibility index (Phi) is 7.76. The largest absolute Gasteiger partial charge is 0.480 e. The van der Waals surface area contributed by atoms with Crippen LogP contribution < -0.4 is 20.7 Å².